The number of H-pyrrole nitrogens is 1. The van der Waals surface area contributed by atoms with Gasteiger partial charge in [0.1, 0.15) is 18.1 Å². The van der Waals surface area contributed by atoms with Crippen molar-refractivity contribution in [1.82, 2.24) is 10.2 Å². The van der Waals surface area contributed by atoms with Crippen molar-refractivity contribution in [3.63, 3.8) is 0 Å². The number of nitrogen functional groups attached to an aromatic ring is 1. The van der Waals surface area contributed by atoms with Gasteiger partial charge in [-0.1, -0.05) is 23.7 Å². The number of hydrogen-bond acceptors (Lipinski definition) is 4. The summed E-state index contributed by atoms with van der Waals surface area (Å²) >= 11 is 5.81. The number of benzene rings is 1. The zero-order chi connectivity index (χ0) is 12.3. The van der Waals surface area contributed by atoms with Gasteiger partial charge >= 0.3 is 5.97 Å². The maximum atomic E-state index is 11.5. The molecule has 0 radical (unpaired) electrons. The molecule has 5 nitrogen and oxygen atoms in total. The molecule has 0 atom stereocenters. The second-order valence-electron chi connectivity index (χ2n) is 3.41. The molecule has 1 heterocycles. The predicted molar refractivity (Wildman–Crippen MR) is 63.6 cm³/mol. The minimum Gasteiger partial charge on any atom is -0.456 e. The molecule has 0 aliphatic rings. The van der Waals surface area contributed by atoms with Crippen LogP contribution in [0, 0.1) is 0 Å². The summed E-state index contributed by atoms with van der Waals surface area (Å²) in [5.41, 5.74) is 6.42. The number of aromatic nitrogens is 2. The number of ether oxygens (including phenoxy) is 1. The van der Waals surface area contributed by atoms with Crippen LogP contribution >= 0.6 is 11.6 Å². The molecule has 1 aromatic carbocycles. The maximum Gasteiger partial charge on any atom is 0.356 e. The van der Waals surface area contributed by atoms with Gasteiger partial charge in [-0.15, -0.1) is 0 Å². The molecule has 0 aliphatic heterocycles. The van der Waals surface area contributed by atoms with Gasteiger partial charge in [0.05, 0.1) is 0 Å². The molecule has 88 valence electrons. The monoisotopic (exact) mass is 251 g/mol. The van der Waals surface area contributed by atoms with Gasteiger partial charge in [-0.2, -0.15) is 5.10 Å². The molecule has 0 spiro atoms. The smallest absolute Gasteiger partial charge is 0.356 e. The van der Waals surface area contributed by atoms with Gasteiger partial charge in [-0.3, -0.25) is 5.10 Å². The summed E-state index contributed by atoms with van der Waals surface area (Å²) in [6, 6.07) is 8.51. The minimum atomic E-state index is -0.505. The highest BCUT2D eigenvalue weighted by molar-refractivity contribution is 6.30. The number of halogens is 1. The van der Waals surface area contributed by atoms with Crippen molar-refractivity contribution < 1.29 is 9.53 Å². The first-order valence-corrected chi connectivity index (χ1v) is 5.25. The van der Waals surface area contributed by atoms with Crippen LogP contribution in [0.2, 0.25) is 5.02 Å². The summed E-state index contributed by atoms with van der Waals surface area (Å²) in [6.45, 7) is 0.151. The quantitative estimate of drug-likeness (QED) is 0.818. The highest BCUT2D eigenvalue weighted by atomic mass is 35.5. The molecular formula is C11H10ClN3O2. The summed E-state index contributed by atoms with van der Waals surface area (Å²) in [6.07, 6.45) is 0. The molecule has 0 amide bonds. The Kier molecular flexibility index (Phi) is 3.30. The van der Waals surface area contributed by atoms with E-state index in [-0.39, 0.29) is 18.1 Å². The fourth-order valence-corrected chi connectivity index (χ4v) is 1.51. The fraction of sp³-hybridized carbons (Fsp3) is 0.0909. The Morgan fingerprint density at radius 1 is 1.47 bits per heavy atom. The lowest BCUT2D eigenvalue weighted by atomic mass is 10.2. The first-order valence-electron chi connectivity index (χ1n) is 4.87. The van der Waals surface area contributed by atoms with Gasteiger partial charge in [0, 0.05) is 11.1 Å². The van der Waals surface area contributed by atoms with Crippen LogP contribution in [0.15, 0.2) is 30.3 Å². The van der Waals surface area contributed by atoms with Gasteiger partial charge in [0.2, 0.25) is 0 Å². The second-order valence-corrected chi connectivity index (χ2v) is 3.85. The molecule has 6 heteroatoms. The van der Waals surface area contributed by atoms with E-state index in [9.17, 15) is 4.79 Å². The van der Waals surface area contributed by atoms with E-state index in [1.54, 1.807) is 18.2 Å². The van der Waals surface area contributed by atoms with Crippen molar-refractivity contribution in [2.75, 3.05) is 5.73 Å². The molecule has 2 rings (SSSR count). The van der Waals surface area contributed by atoms with E-state index in [4.69, 9.17) is 22.1 Å². The number of carbonyl (C=O) groups excluding carboxylic acids is 1. The van der Waals surface area contributed by atoms with E-state index >= 15 is 0 Å². The lowest BCUT2D eigenvalue weighted by Gasteiger charge is -2.03. The summed E-state index contributed by atoms with van der Waals surface area (Å²) in [7, 11) is 0. The summed E-state index contributed by atoms with van der Waals surface area (Å²) in [5.74, 6) is -0.256. The molecular weight excluding hydrogens is 242 g/mol. The van der Waals surface area contributed by atoms with Crippen LogP contribution < -0.4 is 5.73 Å². The average Bonchev–Trinajstić information content (AvgIpc) is 2.73. The third kappa shape index (κ3) is 2.98. The SMILES string of the molecule is Nc1cc(C(=O)OCc2cccc(Cl)c2)[nH]n1. The summed E-state index contributed by atoms with van der Waals surface area (Å²) in [4.78, 5) is 11.5. The van der Waals surface area contributed by atoms with Gasteiger partial charge in [0.15, 0.2) is 0 Å². The van der Waals surface area contributed by atoms with E-state index in [1.807, 2.05) is 6.07 Å². The standard InChI is InChI=1S/C11H10ClN3O2/c12-8-3-1-2-7(4-8)6-17-11(16)9-5-10(13)15-14-9/h1-5H,6H2,(H3,13,14,15). The van der Waals surface area contributed by atoms with Crippen molar-refractivity contribution >= 4 is 23.4 Å². The number of nitrogens with zero attached hydrogens (tertiary/aromatic N) is 1. The molecule has 17 heavy (non-hydrogen) atoms. The fourth-order valence-electron chi connectivity index (χ4n) is 1.30. The van der Waals surface area contributed by atoms with E-state index in [1.165, 1.54) is 6.07 Å². The highest BCUT2D eigenvalue weighted by Crippen LogP contribution is 2.12. The highest BCUT2D eigenvalue weighted by Gasteiger charge is 2.10. The molecule has 0 saturated carbocycles. The zero-order valence-electron chi connectivity index (χ0n) is 8.81. The molecule has 2 aromatic rings. The van der Waals surface area contributed by atoms with Crippen LogP contribution in [-0.2, 0) is 11.3 Å². The van der Waals surface area contributed by atoms with Gasteiger partial charge in [-0.25, -0.2) is 4.79 Å². The van der Waals surface area contributed by atoms with E-state index in [0.717, 1.165) is 5.56 Å². The van der Waals surface area contributed by atoms with E-state index in [2.05, 4.69) is 10.2 Å². The molecule has 0 saturated heterocycles. The Hall–Kier alpha value is -2.01. The first-order chi connectivity index (χ1) is 8.15. The average molecular weight is 252 g/mol. The third-order valence-corrected chi connectivity index (χ3v) is 2.31. The Bertz CT molecular complexity index is 539. The number of esters is 1. The van der Waals surface area contributed by atoms with Gasteiger partial charge in [-0.05, 0) is 17.7 Å². The molecule has 0 bridgehead atoms. The lowest BCUT2D eigenvalue weighted by Crippen LogP contribution is -2.05. The van der Waals surface area contributed by atoms with Crippen LogP contribution in [0.3, 0.4) is 0 Å². The number of carbonyl (C=O) groups is 1. The minimum absolute atomic E-state index is 0.151. The topological polar surface area (TPSA) is 81.0 Å². The third-order valence-electron chi connectivity index (χ3n) is 2.08. The number of nitrogens with two attached hydrogens (primary N) is 1. The van der Waals surface area contributed by atoms with Crippen molar-refractivity contribution in [2.24, 2.45) is 0 Å². The Labute approximate surface area is 103 Å². The number of anilines is 1. The zero-order valence-corrected chi connectivity index (χ0v) is 9.57. The molecule has 3 N–H and O–H groups in total. The largest absolute Gasteiger partial charge is 0.456 e. The second kappa shape index (κ2) is 4.88. The molecule has 0 aliphatic carbocycles. The van der Waals surface area contributed by atoms with Crippen LogP contribution in [0.5, 0.6) is 0 Å². The number of hydrogen-bond donors (Lipinski definition) is 2. The molecule has 0 fully saturated rings. The van der Waals surface area contributed by atoms with E-state index in [0.29, 0.717) is 5.02 Å². The van der Waals surface area contributed by atoms with Crippen LogP contribution in [-0.4, -0.2) is 16.2 Å². The molecule has 1 aromatic heterocycles. The van der Waals surface area contributed by atoms with Crippen molar-refractivity contribution in [2.45, 2.75) is 6.61 Å². The normalized spacial score (nSPS) is 10.2. The summed E-state index contributed by atoms with van der Waals surface area (Å²) in [5, 5.41) is 6.72. The van der Waals surface area contributed by atoms with Crippen LogP contribution in [0.4, 0.5) is 5.82 Å². The number of rotatable bonds is 3. The predicted octanol–water partition coefficient (Wildman–Crippen LogP) is 2.00. The molecule has 0 unspecified atom stereocenters. The summed E-state index contributed by atoms with van der Waals surface area (Å²) < 4.78 is 5.06. The first kappa shape index (κ1) is 11.5. The van der Waals surface area contributed by atoms with E-state index < -0.39 is 5.97 Å². The van der Waals surface area contributed by atoms with Crippen molar-refractivity contribution in [3.05, 3.63) is 46.6 Å². The van der Waals surface area contributed by atoms with Crippen molar-refractivity contribution in [1.29, 1.82) is 0 Å². The van der Waals surface area contributed by atoms with Crippen LogP contribution in [0.1, 0.15) is 16.1 Å². The Morgan fingerprint density at radius 3 is 2.94 bits per heavy atom. The van der Waals surface area contributed by atoms with Crippen LogP contribution in [0.25, 0.3) is 0 Å². The Morgan fingerprint density at radius 2 is 2.29 bits per heavy atom. The van der Waals surface area contributed by atoms with Crippen molar-refractivity contribution in [3.8, 4) is 0 Å². The van der Waals surface area contributed by atoms with Gasteiger partial charge in [0.25, 0.3) is 0 Å². The maximum absolute atomic E-state index is 11.5. The lowest BCUT2D eigenvalue weighted by molar-refractivity contribution is 0.0465. The van der Waals surface area contributed by atoms with Gasteiger partial charge < -0.3 is 10.5 Å². The Balaban J connectivity index is 1.97. The number of nitrogens with one attached hydrogen (secondary N) is 1. The number of aromatic amines is 1.